The van der Waals surface area contributed by atoms with Crippen LogP contribution in [0.5, 0.6) is 0 Å². The zero-order valence-electron chi connectivity index (χ0n) is 34.5. The first-order valence-electron chi connectivity index (χ1n) is 21.6. The molecular formula is C56H38N6O2+2. The number of rotatable bonds is 8. The standard InChI is InChI=1S/C56H36N6O2/c63-51(57-45-28-24-39-20-18-35-8-5-10-37-22-26-43(45)55(39)53(35)37)31-59-33-61(49-16-3-1-14-47(49)59)41-12-7-13-42(30-41)62-34-60(48-15-2-4-17-50(48)62)32-52(64)58-46-29-25-40-21-19-36-9-6-11-38-23-27-44(46)56(40)54(36)38/h1-30,33-34H,31-32H2/p+2. The van der Waals surface area contributed by atoms with Crippen LogP contribution in [0.3, 0.4) is 0 Å². The molecule has 13 rings (SSSR count). The Morgan fingerprint density at radius 1 is 0.391 bits per heavy atom. The van der Waals surface area contributed by atoms with Crippen molar-refractivity contribution < 1.29 is 18.7 Å². The highest BCUT2D eigenvalue weighted by atomic mass is 16.2. The third-order valence-corrected chi connectivity index (χ3v) is 13.0. The predicted molar refractivity (Wildman–Crippen MR) is 258 cm³/mol. The average Bonchev–Trinajstić information content (AvgIpc) is 3.89. The van der Waals surface area contributed by atoms with Gasteiger partial charge in [-0.15, -0.1) is 0 Å². The lowest BCUT2D eigenvalue weighted by atomic mass is 9.93. The van der Waals surface area contributed by atoms with E-state index in [-0.39, 0.29) is 24.9 Å². The third-order valence-electron chi connectivity index (χ3n) is 13.0. The predicted octanol–water partition coefficient (Wildman–Crippen LogP) is 11.2. The molecule has 0 fully saturated rings. The minimum Gasteiger partial charge on any atom is -0.322 e. The maximum absolute atomic E-state index is 13.9. The first-order valence-corrected chi connectivity index (χ1v) is 21.6. The minimum atomic E-state index is -0.108. The van der Waals surface area contributed by atoms with Crippen LogP contribution in [0.15, 0.2) is 195 Å². The van der Waals surface area contributed by atoms with Gasteiger partial charge in [-0.05, 0) is 102 Å². The molecule has 0 unspecified atom stereocenters. The average molecular weight is 827 g/mol. The molecule has 2 aromatic heterocycles. The number of aromatic nitrogens is 4. The quantitative estimate of drug-likeness (QED) is 0.118. The van der Waals surface area contributed by atoms with Gasteiger partial charge in [0, 0.05) is 28.2 Å². The Morgan fingerprint density at radius 2 is 0.766 bits per heavy atom. The number of benzene rings is 11. The summed E-state index contributed by atoms with van der Waals surface area (Å²) in [5.41, 5.74) is 7.32. The van der Waals surface area contributed by atoms with Crippen LogP contribution < -0.4 is 19.8 Å². The van der Waals surface area contributed by atoms with E-state index >= 15 is 0 Å². The van der Waals surface area contributed by atoms with Crippen molar-refractivity contribution in [1.29, 1.82) is 0 Å². The molecule has 11 aromatic carbocycles. The number of amides is 2. The van der Waals surface area contributed by atoms with E-state index in [4.69, 9.17) is 0 Å². The number of carbonyl (C=O) groups is 2. The molecule has 0 atom stereocenters. The normalized spacial score (nSPS) is 12.0. The van der Waals surface area contributed by atoms with Crippen molar-refractivity contribution in [2.75, 3.05) is 10.6 Å². The van der Waals surface area contributed by atoms with Gasteiger partial charge in [-0.3, -0.25) is 9.59 Å². The second-order valence-corrected chi connectivity index (χ2v) is 16.8. The summed E-state index contributed by atoms with van der Waals surface area (Å²) in [6.45, 7) is 0.266. The van der Waals surface area contributed by atoms with Gasteiger partial charge in [0.15, 0.2) is 35.2 Å². The zero-order valence-corrected chi connectivity index (χ0v) is 34.5. The van der Waals surface area contributed by atoms with Gasteiger partial charge in [0.2, 0.25) is 12.7 Å². The fraction of sp³-hybridized carbons (Fsp3) is 0.0357. The fourth-order valence-electron chi connectivity index (χ4n) is 10.2. The summed E-state index contributed by atoms with van der Waals surface area (Å²) in [5.74, 6) is -0.216. The number of carbonyl (C=O) groups excluding carboxylic acids is 2. The molecule has 2 heterocycles. The van der Waals surface area contributed by atoms with E-state index in [9.17, 15) is 9.59 Å². The number of fused-ring (bicyclic) bond motifs is 2. The number of para-hydroxylation sites is 4. The minimum absolute atomic E-state index is 0.108. The molecule has 8 heteroatoms. The van der Waals surface area contributed by atoms with E-state index in [1.165, 1.54) is 43.1 Å². The molecule has 0 saturated heterocycles. The van der Waals surface area contributed by atoms with Gasteiger partial charge in [0.25, 0.3) is 11.8 Å². The van der Waals surface area contributed by atoms with Gasteiger partial charge in [0.05, 0.1) is 0 Å². The molecule has 0 bridgehead atoms. The molecule has 302 valence electrons. The fourth-order valence-corrected chi connectivity index (χ4v) is 10.2. The van der Waals surface area contributed by atoms with Crippen LogP contribution in [0.25, 0.3) is 98.1 Å². The van der Waals surface area contributed by atoms with Crippen LogP contribution >= 0.6 is 0 Å². The van der Waals surface area contributed by atoms with Crippen LogP contribution in [0.2, 0.25) is 0 Å². The lowest BCUT2D eigenvalue weighted by Gasteiger charge is -2.14. The van der Waals surface area contributed by atoms with Crippen molar-refractivity contribution >= 4 is 110 Å². The van der Waals surface area contributed by atoms with Gasteiger partial charge in [-0.2, -0.15) is 9.13 Å². The van der Waals surface area contributed by atoms with Crippen LogP contribution in [0.4, 0.5) is 11.4 Å². The highest BCUT2D eigenvalue weighted by molar-refractivity contribution is 6.27. The van der Waals surface area contributed by atoms with Gasteiger partial charge in [0.1, 0.15) is 11.4 Å². The molecule has 13 aromatic rings. The maximum atomic E-state index is 13.9. The monoisotopic (exact) mass is 826 g/mol. The summed E-state index contributed by atoms with van der Waals surface area (Å²) in [7, 11) is 0. The van der Waals surface area contributed by atoms with Gasteiger partial charge in [-0.25, -0.2) is 9.13 Å². The first kappa shape index (κ1) is 36.1. The van der Waals surface area contributed by atoms with E-state index < -0.39 is 0 Å². The lowest BCUT2D eigenvalue weighted by molar-refractivity contribution is -0.658. The van der Waals surface area contributed by atoms with Crippen LogP contribution in [0.1, 0.15) is 0 Å². The molecule has 2 amide bonds. The Hall–Kier alpha value is -8.62. The molecule has 8 nitrogen and oxygen atoms in total. The molecule has 0 aliphatic heterocycles. The van der Waals surface area contributed by atoms with Crippen molar-refractivity contribution in [2.24, 2.45) is 0 Å². The molecule has 0 aliphatic carbocycles. The number of hydrogen-bond acceptors (Lipinski definition) is 2. The van der Waals surface area contributed by atoms with Crippen LogP contribution in [-0.2, 0) is 22.7 Å². The van der Waals surface area contributed by atoms with Crippen molar-refractivity contribution in [3.05, 3.63) is 195 Å². The van der Waals surface area contributed by atoms with Crippen LogP contribution in [0, 0.1) is 0 Å². The van der Waals surface area contributed by atoms with Crippen molar-refractivity contribution in [1.82, 2.24) is 9.13 Å². The largest absolute Gasteiger partial charge is 0.322 e. The molecule has 0 saturated carbocycles. The Labute approximate surface area is 366 Å². The summed E-state index contributed by atoms with van der Waals surface area (Å²) >= 11 is 0. The molecular weight excluding hydrogens is 789 g/mol. The van der Waals surface area contributed by atoms with E-state index in [0.717, 1.165) is 66.4 Å². The Bertz CT molecular complexity index is 3740. The molecule has 0 aliphatic rings. The van der Waals surface area contributed by atoms with Crippen molar-refractivity contribution in [3.8, 4) is 11.4 Å². The molecule has 2 N–H and O–H groups in total. The summed E-state index contributed by atoms with van der Waals surface area (Å²) in [6.07, 6.45) is 4.01. The SMILES string of the molecule is O=C(C[n+]1cn(-c2cccc(-n3c[n+](CC(=O)Nc4ccc5ccc6cccc7ccc4c5c67)c4ccccc43)c2)c2ccccc21)Nc1ccc2ccc3cccc4ccc1c2c34. The molecule has 64 heavy (non-hydrogen) atoms. The Kier molecular flexibility index (Phi) is 7.86. The molecule has 0 radical (unpaired) electrons. The second kappa shape index (κ2) is 14.0. The summed E-state index contributed by atoms with van der Waals surface area (Å²) < 4.78 is 8.27. The van der Waals surface area contributed by atoms with Gasteiger partial charge < -0.3 is 10.6 Å². The highest BCUT2D eigenvalue weighted by Gasteiger charge is 2.24. The Balaban J connectivity index is 0.802. The highest BCUT2D eigenvalue weighted by Crippen LogP contribution is 2.39. The zero-order chi connectivity index (χ0) is 42.5. The summed E-state index contributed by atoms with van der Waals surface area (Å²) in [5, 5.41) is 20.4. The van der Waals surface area contributed by atoms with E-state index in [2.05, 4.69) is 159 Å². The maximum Gasteiger partial charge on any atom is 0.266 e. The number of nitrogens with zero attached hydrogens (tertiary/aromatic N) is 4. The van der Waals surface area contributed by atoms with Crippen molar-refractivity contribution in [3.63, 3.8) is 0 Å². The van der Waals surface area contributed by atoms with E-state index in [1.807, 2.05) is 64.3 Å². The van der Waals surface area contributed by atoms with Gasteiger partial charge >= 0.3 is 0 Å². The molecule has 0 spiro atoms. The first-order chi connectivity index (χ1) is 31.5. The number of hydrogen-bond donors (Lipinski definition) is 2. The summed E-state index contributed by atoms with van der Waals surface area (Å²) in [4.78, 5) is 27.9. The number of imidazole rings is 2. The van der Waals surface area contributed by atoms with E-state index in [0.29, 0.717) is 0 Å². The lowest BCUT2D eigenvalue weighted by Crippen LogP contribution is -2.39. The van der Waals surface area contributed by atoms with Gasteiger partial charge in [-0.1, -0.05) is 127 Å². The summed E-state index contributed by atoms with van der Waals surface area (Å²) in [6, 6.07) is 62.7. The van der Waals surface area contributed by atoms with E-state index in [1.54, 1.807) is 0 Å². The second-order valence-electron chi connectivity index (χ2n) is 16.8. The number of nitrogens with one attached hydrogen (secondary N) is 2. The smallest absolute Gasteiger partial charge is 0.266 e. The topological polar surface area (TPSA) is 75.8 Å². The Morgan fingerprint density at radius 3 is 1.22 bits per heavy atom. The van der Waals surface area contributed by atoms with Crippen molar-refractivity contribution in [2.45, 2.75) is 13.1 Å². The van der Waals surface area contributed by atoms with Crippen LogP contribution in [-0.4, -0.2) is 20.9 Å². The number of anilines is 2. The third kappa shape index (κ3) is 5.62.